The van der Waals surface area contributed by atoms with Gasteiger partial charge in [0.15, 0.2) is 6.20 Å². The molecule has 0 N–H and O–H groups in total. The second-order valence-corrected chi connectivity index (χ2v) is 3.29. The Morgan fingerprint density at radius 2 is 2.07 bits per heavy atom. The first-order valence-corrected chi connectivity index (χ1v) is 4.43. The smallest absolute Gasteiger partial charge is 0.204 e. The van der Waals surface area contributed by atoms with Crippen LogP contribution in [0.1, 0.15) is 0 Å². The van der Waals surface area contributed by atoms with E-state index < -0.39 is 0 Å². The fraction of sp³-hybridized carbons (Fsp3) is 0. The van der Waals surface area contributed by atoms with Crippen LogP contribution in [0.3, 0.4) is 0 Å². The Morgan fingerprint density at radius 1 is 1.21 bits per heavy atom. The van der Waals surface area contributed by atoms with E-state index >= 15 is 0 Å². The van der Waals surface area contributed by atoms with Crippen LogP contribution in [0.2, 0.25) is 0 Å². The van der Waals surface area contributed by atoms with Gasteiger partial charge in [-0.05, 0) is 12.1 Å². The minimum atomic E-state index is 0.814. The highest BCUT2D eigenvalue weighted by atomic mass is 16.5. The first-order chi connectivity index (χ1) is 6.84. The summed E-state index contributed by atoms with van der Waals surface area (Å²) in [4.78, 5) is 0. The lowest BCUT2D eigenvalue weighted by atomic mass is 10.2. The van der Waals surface area contributed by atoms with Crippen LogP contribution in [-0.4, -0.2) is 4.40 Å². The molecule has 0 amide bonds. The van der Waals surface area contributed by atoms with Crippen LogP contribution in [0.15, 0.2) is 48.9 Å². The Morgan fingerprint density at radius 3 is 3.00 bits per heavy atom. The van der Waals surface area contributed by atoms with Crippen molar-refractivity contribution >= 4 is 16.4 Å². The summed E-state index contributed by atoms with van der Waals surface area (Å²) in [6.07, 6.45) is 4.85. The Hall–Kier alpha value is -2.03. The van der Waals surface area contributed by atoms with Gasteiger partial charge in [-0.1, -0.05) is 18.2 Å². The predicted octanol–water partition coefficient (Wildman–Crippen LogP) is 1.73. The number of para-hydroxylation sites is 1. The lowest BCUT2D eigenvalue weighted by Crippen LogP contribution is -2.24. The van der Waals surface area contributed by atoms with Crippen molar-refractivity contribution in [3.05, 3.63) is 54.1 Å². The van der Waals surface area contributed by atoms with E-state index in [1.165, 1.54) is 6.20 Å². The molecular weight excluding hydrogens is 176 g/mol. The van der Waals surface area contributed by atoms with Gasteiger partial charge in [0.05, 0.1) is 11.7 Å². The summed E-state index contributed by atoms with van der Waals surface area (Å²) in [6, 6.07) is 10.1. The van der Waals surface area contributed by atoms with E-state index in [1.54, 1.807) is 12.4 Å². The van der Waals surface area contributed by atoms with E-state index in [0.29, 0.717) is 0 Å². The highest BCUT2D eigenvalue weighted by Gasteiger charge is 2.03. The van der Waals surface area contributed by atoms with Gasteiger partial charge in [0.2, 0.25) is 6.20 Å². The van der Waals surface area contributed by atoms with E-state index in [1.807, 2.05) is 34.7 Å². The quantitative estimate of drug-likeness (QED) is 0.386. The lowest BCUT2D eigenvalue weighted by Gasteiger charge is -1.97. The van der Waals surface area contributed by atoms with Crippen molar-refractivity contribution < 1.29 is 4.73 Å². The molecule has 0 bridgehead atoms. The van der Waals surface area contributed by atoms with Gasteiger partial charge >= 0.3 is 0 Å². The Bertz CT molecular complexity index is 613. The molecule has 0 spiro atoms. The summed E-state index contributed by atoms with van der Waals surface area (Å²) in [5, 5.41) is 12.2. The molecule has 0 saturated carbocycles. The minimum Gasteiger partial charge on any atom is -0.619 e. The van der Waals surface area contributed by atoms with Crippen molar-refractivity contribution in [1.29, 1.82) is 0 Å². The summed E-state index contributed by atoms with van der Waals surface area (Å²) in [7, 11) is 0. The van der Waals surface area contributed by atoms with Gasteiger partial charge in [0.25, 0.3) is 0 Å². The third kappa shape index (κ3) is 0.893. The molecule has 3 nitrogen and oxygen atoms in total. The largest absolute Gasteiger partial charge is 0.619 e. The molecular formula is C11H8N2O. The first-order valence-electron chi connectivity index (χ1n) is 4.43. The van der Waals surface area contributed by atoms with Gasteiger partial charge in [0, 0.05) is 5.39 Å². The SMILES string of the molecule is [O-][n+]1ccn2c(cc3ccccc32)c1. The zero-order chi connectivity index (χ0) is 9.54. The minimum absolute atomic E-state index is 0.814. The maximum absolute atomic E-state index is 11.1. The number of nitrogens with zero attached hydrogens (tertiary/aromatic N) is 2. The van der Waals surface area contributed by atoms with Gasteiger partial charge in [-0.15, -0.1) is 0 Å². The van der Waals surface area contributed by atoms with Crippen LogP contribution in [0.5, 0.6) is 0 Å². The maximum atomic E-state index is 11.1. The van der Waals surface area contributed by atoms with E-state index in [-0.39, 0.29) is 0 Å². The number of rotatable bonds is 0. The highest BCUT2D eigenvalue weighted by Crippen LogP contribution is 2.17. The fourth-order valence-corrected chi connectivity index (χ4v) is 1.77. The monoisotopic (exact) mass is 184 g/mol. The van der Waals surface area contributed by atoms with Gasteiger partial charge in [-0.3, -0.25) is 0 Å². The van der Waals surface area contributed by atoms with Crippen LogP contribution in [0.4, 0.5) is 0 Å². The van der Waals surface area contributed by atoms with E-state index in [0.717, 1.165) is 21.2 Å². The molecule has 0 unspecified atom stereocenters. The molecule has 0 aliphatic heterocycles. The standard InChI is InChI=1S/C11H8N2O/c14-12-5-6-13-10(8-12)7-9-3-1-2-4-11(9)13/h1-8H. The third-order valence-corrected chi connectivity index (χ3v) is 2.40. The molecule has 0 saturated heterocycles. The van der Waals surface area contributed by atoms with Crippen molar-refractivity contribution in [3.8, 4) is 0 Å². The van der Waals surface area contributed by atoms with Crippen molar-refractivity contribution in [2.24, 2.45) is 0 Å². The molecule has 0 aliphatic carbocycles. The summed E-state index contributed by atoms with van der Waals surface area (Å²) in [5.41, 5.74) is 2.05. The van der Waals surface area contributed by atoms with E-state index in [9.17, 15) is 5.21 Å². The van der Waals surface area contributed by atoms with Gasteiger partial charge in [-0.2, -0.15) is 4.73 Å². The van der Waals surface area contributed by atoms with Gasteiger partial charge < -0.3 is 9.61 Å². The summed E-state index contributed by atoms with van der Waals surface area (Å²) in [5.74, 6) is 0. The summed E-state index contributed by atoms with van der Waals surface area (Å²) in [6.45, 7) is 0. The highest BCUT2D eigenvalue weighted by molar-refractivity contribution is 5.86. The number of hydrogen-bond donors (Lipinski definition) is 0. The van der Waals surface area contributed by atoms with Gasteiger partial charge in [0.1, 0.15) is 5.52 Å². The lowest BCUT2D eigenvalue weighted by molar-refractivity contribution is -0.604. The van der Waals surface area contributed by atoms with E-state index in [4.69, 9.17) is 0 Å². The van der Waals surface area contributed by atoms with Crippen LogP contribution in [-0.2, 0) is 0 Å². The molecule has 0 aliphatic rings. The fourth-order valence-electron chi connectivity index (χ4n) is 1.77. The van der Waals surface area contributed by atoms with Crippen LogP contribution in [0.25, 0.3) is 16.4 Å². The number of aromatic nitrogens is 2. The second kappa shape index (κ2) is 2.48. The zero-order valence-electron chi connectivity index (χ0n) is 7.42. The zero-order valence-corrected chi connectivity index (χ0v) is 7.42. The normalized spacial score (nSPS) is 11.1. The number of hydrogen-bond acceptors (Lipinski definition) is 1. The van der Waals surface area contributed by atoms with Crippen LogP contribution in [0, 0.1) is 5.21 Å². The maximum Gasteiger partial charge on any atom is 0.204 e. The predicted molar refractivity (Wildman–Crippen MR) is 53.9 cm³/mol. The van der Waals surface area contributed by atoms with Crippen LogP contribution < -0.4 is 4.73 Å². The molecule has 0 fully saturated rings. The topological polar surface area (TPSA) is 31.3 Å². The molecule has 3 rings (SSSR count). The molecule has 14 heavy (non-hydrogen) atoms. The van der Waals surface area contributed by atoms with Crippen molar-refractivity contribution in [2.75, 3.05) is 0 Å². The third-order valence-electron chi connectivity index (χ3n) is 2.40. The molecule has 3 aromatic rings. The average molecular weight is 184 g/mol. The molecule has 68 valence electrons. The Labute approximate surface area is 80.4 Å². The summed E-state index contributed by atoms with van der Waals surface area (Å²) >= 11 is 0. The average Bonchev–Trinajstić information content (AvgIpc) is 2.54. The molecule has 0 radical (unpaired) electrons. The first kappa shape index (κ1) is 7.38. The van der Waals surface area contributed by atoms with Crippen LogP contribution >= 0.6 is 0 Å². The molecule has 1 aromatic carbocycles. The number of fused-ring (bicyclic) bond motifs is 3. The van der Waals surface area contributed by atoms with Gasteiger partial charge in [-0.25, -0.2) is 0 Å². The second-order valence-electron chi connectivity index (χ2n) is 3.29. The molecule has 0 atom stereocenters. The van der Waals surface area contributed by atoms with Crippen molar-refractivity contribution in [1.82, 2.24) is 4.40 Å². The van der Waals surface area contributed by atoms with E-state index in [2.05, 4.69) is 0 Å². The summed E-state index contributed by atoms with van der Waals surface area (Å²) < 4.78 is 2.82. The Kier molecular flexibility index (Phi) is 1.31. The van der Waals surface area contributed by atoms with Crippen molar-refractivity contribution in [2.45, 2.75) is 0 Å². The molecule has 3 heteroatoms. The van der Waals surface area contributed by atoms with Crippen molar-refractivity contribution in [3.63, 3.8) is 0 Å². The molecule has 2 aromatic heterocycles. The number of benzene rings is 1. The Balaban J connectivity index is 2.57. The molecule has 2 heterocycles.